The van der Waals surface area contributed by atoms with Gasteiger partial charge in [0.25, 0.3) is 0 Å². The van der Waals surface area contributed by atoms with E-state index in [0.29, 0.717) is 12.8 Å². The van der Waals surface area contributed by atoms with Crippen molar-refractivity contribution in [1.82, 2.24) is 5.32 Å². The maximum absolute atomic E-state index is 11.9. The zero-order chi connectivity index (χ0) is 15.2. The highest BCUT2D eigenvalue weighted by Crippen LogP contribution is 2.15. The summed E-state index contributed by atoms with van der Waals surface area (Å²) in [5, 5.41) is 11.9. The SMILES string of the molecule is CCC(CC)(NC(=O)C=Cc1ccccc1C)C(=O)O. The monoisotopic (exact) mass is 275 g/mol. The Labute approximate surface area is 119 Å². The number of carbonyl (C=O) groups excluding carboxylic acids is 1. The first kappa shape index (κ1) is 16.0. The van der Waals surface area contributed by atoms with E-state index < -0.39 is 11.5 Å². The Morgan fingerprint density at radius 3 is 2.35 bits per heavy atom. The van der Waals surface area contributed by atoms with Crippen LogP contribution in [0, 0.1) is 6.92 Å². The van der Waals surface area contributed by atoms with Gasteiger partial charge in [0.2, 0.25) is 5.91 Å². The molecule has 4 heteroatoms. The van der Waals surface area contributed by atoms with Gasteiger partial charge < -0.3 is 10.4 Å². The zero-order valence-electron chi connectivity index (χ0n) is 12.1. The van der Waals surface area contributed by atoms with E-state index in [1.807, 2.05) is 31.2 Å². The molecular formula is C16H21NO3. The molecule has 0 aliphatic rings. The van der Waals surface area contributed by atoms with E-state index in [-0.39, 0.29) is 5.91 Å². The number of hydrogen-bond acceptors (Lipinski definition) is 2. The quantitative estimate of drug-likeness (QED) is 0.784. The van der Waals surface area contributed by atoms with Crippen molar-refractivity contribution in [3.05, 3.63) is 41.5 Å². The van der Waals surface area contributed by atoms with Gasteiger partial charge in [0.15, 0.2) is 0 Å². The summed E-state index contributed by atoms with van der Waals surface area (Å²) in [6.07, 6.45) is 3.78. The topological polar surface area (TPSA) is 66.4 Å². The summed E-state index contributed by atoms with van der Waals surface area (Å²) in [5.41, 5.74) is 0.816. The molecule has 0 saturated heterocycles. The molecule has 0 heterocycles. The molecule has 20 heavy (non-hydrogen) atoms. The summed E-state index contributed by atoms with van der Waals surface area (Å²) in [7, 11) is 0. The van der Waals surface area contributed by atoms with E-state index >= 15 is 0 Å². The Kier molecular flexibility index (Phi) is 5.50. The molecule has 1 rings (SSSR count). The van der Waals surface area contributed by atoms with Crippen LogP contribution in [0.15, 0.2) is 30.3 Å². The molecular weight excluding hydrogens is 254 g/mol. The van der Waals surface area contributed by atoms with Crippen LogP contribution in [0.4, 0.5) is 0 Å². The molecule has 4 nitrogen and oxygen atoms in total. The normalized spacial score (nSPS) is 11.6. The number of aryl methyl sites for hydroxylation is 1. The minimum Gasteiger partial charge on any atom is -0.480 e. The first-order chi connectivity index (χ1) is 9.45. The van der Waals surface area contributed by atoms with Crippen molar-refractivity contribution in [1.29, 1.82) is 0 Å². The standard InChI is InChI=1S/C16H21NO3/c1-4-16(5-2,15(19)20)17-14(18)11-10-13-9-7-6-8-12(13)3/h6-11H,4-5H2,1-3H3,(H,17,18)(H,19,20). The van der Waals surface area contributed by atoms with E-state index in [1.54, 1.807) is 19.9 Å². The van der Waals surface area contributed by atoms with Crippen molar-refractivity contribution in [2.45, 2.75) is 39.2 Å². The second-order valence-corrected chi connectivity index (χ2v) is 4.77. The van der Waals surface area contributed by atoms with Crippen molar-refractivity contribution in [3.63, 3.8) is 0 Å². The van der Waals surface area contributed by atoms with Crippen LogP contribution < -0.4 is 5.32 Å². The highest BCUT2D eigenvalue weighted by molar-refractivity contribution is 5.95. The summed E-state index contributed by atoms with van der Waals surface area (Å²) in [6, 6.07) is 7.68. The summed E-state index contributed by atoms with van der Waals surface area (Å²) in [6.45, 7) is 5.46. The lowest BCUT2D eigenvalue weighted by Gasteiger charge is -2.27. The molecule has 0 aliphatic carbocycles. The molecule has 1 aromatic rings. The Morgan fingerprint density at radius 1 is 1.25 bits per heavy atom. The molecule has 0 spiro atoms. The van der Waals surface area contributed by atoms with Gasteiger partial charge in [-0.05, 0) is 37.0 Å². The maximum atomic E-state index is 11.9. The minimum absolute atomic E-state index is 0.350. The van der Waals surface area contributed by atoms with Crippen LogP contribution in [0.25, 0.3) is 6.08 Å². The first-order valence-corrected chi connectivity index (χ1v) is 6.74. The summed E-state index contributed by atoms with van der Waals surface area (Å²) in [4.78, 5) is 23.2. The van der Waals surface area contributed by atoms with Crippen molar-refractivity contribution >= 4 is 18.0 Å². The smallest absolute Gasteiger partial charge is 0.329 e. The predicted molar refractivity (Wildman–Crippen MR) is 79.3 cm³/mol. The number of aliphatic carboxylic acids is 1. The van der Waals surface area contributed by atoms with Gasteiger partial charge in [0.05, 0.1) is 0 Å². The molecule has 0 aliphatic heterocycles. The average Bonchev–Trinajstić information content (AvgIpc) is 2.43. The van der Waals surface area contributed by atoms with Crippen LogP contribution >= 0.6 is 0 Å². The second-order valence-electron chi connectivity index (χ2n) is 4.77. The first-order valence-electron chi connectivity index (χ1n) is 6.74. The van der Waals surface area contributed by atoms with Crippen molar-refractivity contribution < 1.29 is 14.7 Å². The molecule has 0 radical (unpaired) electrons. The van der Waals surface area contributed by atoms with Gasteiger partial charge in [0.1, 0.15) is 5.54 Å². The van der Waals surface area contributed by atoms with E-state index in [9.17, 15) is 14.7 Å². The van der Waals surface area contributed by atoms with Crippen LogP contribution in [-0.4, -0.2) is 22.5 Å². The van der Waals surface area contributed by atoms with E-state index in [4.69, 9.17) is 0 Å². The number of carboxylic acids is 1. The van der Waals surface area contributed by atoms with Crippen LogP contribution in [0.3, 0.4) is 0 Å². The summed E-state index contributed by atoms with van der Waals surface area (Å²) in [5.74, 6) is -1.39. The number of carbonyl (C=O) groups is 2. The third kappa shape index (κ3) is 3.70. The largest absolute Gasteiger partial charge is 0.480 e. The van der Waals surface area contributed by atoms with Crippen molar-refractivity contribution in [2.24, 2.45) is 0 Å². The predicted octanol–water partition coefficient (Wildman–Crippen LogP) is 2.77. The van der Waals surface area contributed by atoms with Gasteiger partial charge >= 0.3 is 5.97 Å². The average molecular weight is 275 g/mol. The van der Waals surface area contributed by atoms with Crippen LogP contribution in [0.2, 0.25) is 0 Å². The van der Waals surface area contributed by atoms with E-state index in [2.05, 4.69) is 5.32 Å². The zero-order valence-corrected chi connectivity index (χ0v) is 12.1. The van der Waals surface area contributed by atoms with Crippen LogP contribution in [0.5, 0.6) is 0 Å². The fraction of sp³-hybridized carbons (Fsp3) is 0.375. The molecule has 1 aromatic carbocycles. The van der Waals surface area contributed by atoms with Crippen molar-refractivity contribution in [3.8, 4) is 0 Å². The number of benzene rings is 1. The van der Waals surface area contributed by atoms with Crippen molar-refractivity contribution in [2.75, 3.05) is 0 Å². The maximum Gasteiger partial charge on any atom is 0.329 e. The minimum atomic E-state index is -1.19. The van der Waals surface area contributed by atoms with Gasteiger partial charge in [0, 0.05) is 6.08 Å². The number of amides is 1. The number of nitrogens with one attached hydrogen (secondary N) is 1. The van der Waals surface area contributed by atoms with Crippen LogP contribution in [0.1, 0.15) is 37.8 Å². The lowest BCUT2D eigenvalue weighted by atomic mass is 9.93. The van der Waals surface area contributed by atoms with E-state index in [1.165, 1.54) is 6.08 Å². The second kappa shape index (κ2) is 6.89. The summed E-state index contributed by atoms with van der Waals surface area (Å²) < 4.78 is 0. The molecule has 0 unspecified atom stereocenters. The fourth-order valence-electron chi connectivity index (χ4n) is 2.00. The lowest BCUT2D eigenvalue weighted by molar-refractivity contribution is -0.147. The van der Waals surface area contributed by atoms with Gasteiger partial charge in [-0.25, -0.2) is 4.79 Å². The molecule has 108 valence electrons. The molecule has 2 N–H and O–H groups in total. The number of carboxylic acid groups (broad SMARTS) is 1. The van der Waals surface area contributed by atoms with Gasteiger partial charge in [-0.1, -0.05) is 38.1 Å². The molecule has 0 fully saturated rings. The highest BCUT2D eigenvalue weighted by atomic mass is 16.4. The van der Waals surface area contributed by atoms with E-state index in [0.717, 1.165) is 11.1 Å². The third-order valence-electron chi connectivity index (χ3n) is 3.58. The fourth-order valence-corrected chi connectivity index (χ4v) is 2.00. The van der Waals surface area contributed by atoms with Gasteiger partial charge in [-0.2, -0.15) is 0 Å². The Hall–Kier alpha value is -2.10. The van der Waals surface area contributed by atoms with Gasteiger partial charge in [-0.15, -0.1) is 0 Å². The Bertz CT molecular complexity index is 516. The van der Waals surface area contributed by atoms with Gasteiger partial charge in [-0.3, -0.25) is 4.79 Å². The summed E-state index contributed by atoms with van der Waals surface area (Å²) >= 11 is 0. The molecule has 0 saturated carbocycles. The number of hydrogen-bond donors (Lipinski definition) is 2. The third-order valence-corrected chi connectivity index (χ3v) is 3.58. The Morgan fingerprint density at radius 2 is 1.85 bits per heavy atom. The molecule has 0 atom stereocenters. The molecule has 0 aromatic heterocycles. The highest BCUT2D eigenvalue weighted by Gasteiger charge is 2.35. The lowest BCUT2D eigenvalue weighted by Crippen LogP contribution is -2.53. The Balaban J connectivity index is 2.82. The van der Waals surface area contributed by atoms with Crippen LogP contribution in [-0.2, 0) is 9.59 Å². The number of rotatable bonds is 6. The molecule has 1 amide bonds. The molecule has 0 bridgehead atoms.